The van der Waals surface area contributed by atoms with Crippen molar-refractivity contribution in [2.75, 3.05) is 5.32 Å². The number of anilines is 1. The van der Waals surface area contributed by atoms with Crippen LogP contribution < -0.4 is 10.6 Å². The number of fused-ring (bicyclic) bond motifs is 4. The second-order valence-corrected chi connectivity index (χ2v) is 8.69. The van der Waals surface area contributed by atoms with E-state index in [0.717, 1.165) is 0 Å². The van der Waals surface area contributed by atoms with Crippen LogP contribution in [0.2, 0.25) is 5.02 Å². The molecule has 3 N–H and O–H groups in total. The topological polar surface area (TPSA) is 83.1 Å². The summed E-state index contributed by atoms with van der Waals surface area (Å²) in [5.41, 5.74) is 0.144. The lowest BCUT2D eigenvalue weighted by molar-refractivity contribution is -0.738. The number of amides is 3. The molecule has 0 unspecified atom stereocenters. The van der Waals surface area contributed by atoms with Crippen molar-refractivity contribution in [3.8, 4) is 0 Å². The number of quaternary nitrogens is 1. The third kappa shape index (κ3) is 2.20. The Hall–Kier alpha value is -1.92. The molecule has 7 heteroatoms. The summed E-state index contributed by atoms with van der Waals surface area (Å²) in [5.74, 6) is -1.69. The van der Waals surface area contributed by atoms with Crippen molar-refractivity contribution in [3.05, 3.63) is 28.8 Å². The molecule has 5 atom stereocenters. The number of rotatable bonds is 3. The van der Waals surface area contributed by atoms with Crippen LogP contribution in [0.25, 0.3) is 0 Å². The summed E-state index contributed by atoms with van der Waals surface area (Å²) in [7, 11) is 0. The minimum atomic E-state index is -1.13. The van der Waals surface area contributed by atoms with Crippen LogP contribution in [0.15, 0.2) is 18.2 Å². The van der Waals surface area contributed by atoms with Gasteiger partial charge in [-0.15, -0.1) is 0 Å². The molecule has 0 aliphatic carbocycles. The zero-order chi connectivity index (χ0) is 19.7. The fourth-order valence-corrected chi connectivity index (χ4v) is 5.35. The van der Waals surface area contributed by atoms with Gasteiger partial charge in [-0.05, 0) is 25.5 Å². The maximum absolute atomic E-state index is 13.4. The standard InChI is InChI=1S/C20H24ClN3O3/c1-5-10(4)24-17(25)13-14(18(24)26)20(23-15(13)9(2)3)11-7-6-8-12(21)16(11)22-19(20)27/h6-10,13-15,23H,5H2,1-4H3,(H,22,27)/p+1/t10-,13-,14-,15+,20-/m0/s1. The van der Waals surface area contributed by atoms with Gasteiger partial charge in [-0.25, -0.2) is 0 Å². The summed E-state index contributed by atoms with van der Waals surface area (Å²) >= 11 is 6.31. The zero-order valence-corrected chi connectivity index (χ0v) is 16.7. The number of carbonyl (C=O) groups is 3. The van der Waals surface area contributed by atoms with E-state index < -0.39 is 17.4 Å². The van der Waals surface area contributed by atoms with Crippen LogP contribution in [0, 0.1) is 17.8 Å². The Morgan fingerprint density at radius 3 is 2.56 bits per heavy atom. The molecule has 3 heterocycles. The van der Waals surface area contributed by atoms with Gasteiger partial charge in [0.1, 0.15) is 17.9 Å². The number of imide groups is 1. The van der Waals surface area contributed by atoms with Gasteiger partial charge in [0.25, 0.3) is 5.91 Å². The Morgan fingerprint density at radius 1 is 1.22 bits per heavy atom. The summed E-state index contributed by atoms with van der Waals surface area (Å²) < 4.78 is 0. The first-order valence-electron chi connectivity index (χ1n) is 9.59. The Bertz CT molecular complexity index is 855. The van der Waals surface area contributed by atoms with Crippen molar-refractivity contribution in [2.24, 2.45) is 17.8 Å². The van der Waals surface area contributed by atoms with E-state index in [4.69, 9.17) is 11.6 Å². The van der Waals surface area contributed by atoms with Crippen molar-refractivity contribution in [2.45, 2.75) is 51.7 Å². The van der Waals surface area contributed by atoms with Crippen LogP contribution in [0.4, 0.5) is 5.69 Å². The van der Waals surface area contributed by atoms with E-state index in [1.165, 1.54) is 4.90 Å². The molecule has 0 saturated carbocycles. The third-order valence-corrected chi connectivity index (χ3v) is 6.94. The molecular weight excluding hydrogens is 366 g/mol. The maximum Gasteiger partial charge on any atom is 0.291 e. The van der Waals surface area contributed by atoms with Crippen LogP contribution in [0.3, 0.4) is 0 Å². The number of hydrogen-bond donors (Lipinski definition) is 2. The van der Waals surface area contributed by atoms with Gasteiger partial charge in [-0.1, -0.05) is 38.4 Å². The Labute approximate surface area is 163 Å². The van der Waals surface area contributed by atoms with E-state index in [2.05, 4.69) is 5.32 Å². The fraction of sp³-hybridized carbons (Fsp3) is 0.550. The summed E-state index contributed by atoms with van der Waals surface area (Å²) in [6.45, 7) is 7.91. The Kier molecular flexibility index (Phi) is 4.13. The average Bonchev–Trinajstić information content (AvgIpc) is 3.21. The van der Waals surface area contributed by atoms with Gasteiger partial charge in [0.2, 0.25) is 17.4 Å². The largest absolute Gasteiger partial charge is 0.326 e. The molecule has 27 heavy (non-hydrogen) atoms. The van der Waals surface area contributed by atoms with Crippen LogP contribution in [-0.4, -0.2) is 34.7 Å². The van der Waals surface area contributed by atoms with Crippen LogP contribution in [0.5, 0.6) is 0 Å². The van der Waals surface area contributed by atoms with Crippen molar-refractivity contribution < 1.29 is 19.7 Å². The molecule has 3 aliphatic rings. The highest BCUT2D eigenvalue weighted by atomic mass is 35.5. The minimum Gasteiger partial charge on any atom is -0.326 e. The van der Waals surface area contributed by atoms with Gasteiger partial charge < -0.3 is 10.6 Å². The van der Waals surface area contributed by atoms with Gasteiger partial charge in [0.15, 0.2) is 0 Å². The summed E-state index contributed by atoms with van der Waals surface area (Å²) in [6, 6.07) is 5.04. The molecule has 0 aromatic heterocycles. The lowest BCUT2D eigenvalue weighted by Crippen LogP contribution is -2.99. The van der Waals surface area contributed by atoms with E-state index in [1.54, 1.807) is 12.1 Å². The second-order valence-electron chi connectivity index (χ2n) is 8.28. The molecular formula is C20H25ClN3O3+. The quantitative estimate of drug-likeness (QED) is 0.767. The number of hydrogen-bond acceptors (Lipinski definition) is 3. The number of para-hydroxylation sites is 1. The summed E-state index contributed by atoms with van der Waals surface area (Å²) in [5, 5.41) is 5.28. The third-order valence-electron chi connectivity index (χ3n) is 6.62. The van der Waals surface area contributed by atoms with Gasteiger partial charge >= 0.3 is 0 Å². The highest BCUT2D eigenvalue weighted by Gasteiger charge is 2.74. The smallest absolute Gasteiger partial charge is 0.291 e. The lowest BCUT2D eigenvalue weighted by atomic mass is 9.76. The number of nitrogens with two attached hydrogens (primary N) is 1. The first kappa shape index (κ1) is 18.4. The Morgan fingerprint density at radius 2 is 1.93 bits per heavy atom. The van der Waals surface area contributed by atoms with Gasteiger partial charge in [-0.2, -0.15) is 0 Å². The number of carbonyl (C=O) groups excluding carboxylic acids is 3. The maximum atomic E-state index is 13.4. The van der Waals surface area contributed by atoms with Crippen LogP contribution in [-0.2, 0) is 19.9 Å². The molecule has 4 rings (SSSR count). The molecule has 1 aromatic carbocycles. The highest BCUT2D eigenvalue weighted by molar-refractivity contribution is 6.35. The number of nitrogens with zero attached hydrogens (tertiary/aromatic N) is 1. The van der Waals surface area contributed by atoms with E-state index in [0.29, 0.717) is 22.7 Å². The first-order chi connectivity index (χ1) is 12.8. The molecule has 3 aliphatic heterocycles. The number of nitrogens with one attached hydrogen (secondary N) is 1. The number of likely N-dealkylation sites (tertiary alicyclic amines) is 1. The molecule has 144 valence electrons. The molecule has 3 amide bonds. The molecule has 0 bridgehead atoms. The summed E-state index contributed by atoms with van der Waals surface area (Å²) in [6.07, 6.45) is 0.689. The zero-order valence-electron chi connectivity index (χ0n) is 16.0. The van der Waals surface area contributed by atoms with Crippen LogP contribution >= 0.6 is 11.6 Å². The second kappa shape index (κ2) is 6.04. The van der Waals surface area contributed by atoms with Crippen LogP contribution in [0.1, 0.15) is 39.7 Å². The average molecular weight is 391 g/mol. The van der Waals surface area contributed by atoms with E-state index >= 15 is 0 Å². The Balaban J connectivity index is 1.92. The van der Waals surface area contributed by atoms with Crippen molar-refractivity contribution in [1.82, 2.24) is 4.90 Å². The van der Waals surface area contributed by atoms with E-state index in [-0.39, 0.29) is 35.7 Å². The normalized spacial score (nSPS) is 33.0. The predicted octanol–water partition coefficient (Wildman–Crippen LogP) is 1.49. The SMILES string of the molecule is CC[C@H](C)N1C(=O)[C@@H]2[C@@H](C(C)C)[NH2+][C@]3(C(=O)Nc4c(Cl)cccc43)[C@@H]2C1=O. The molecule has 2 saturated heterocycles. The first-order valence-corrected chi connectivity index (χ1v) is 9.96. The monoisotopic (exact) mass is 390 g/mol. The van der Waals surface area contributed by atoms with Gasteiger partial charge in [0, 0.05) is 17.5 Å². The fourth-order valence-electron chi connectivity index (χ4n) is 5.12. The molecule has 0 radical (unpaired) electrons. The van der Waals surface area contributed by atoms with Crippen molar-refractivity contribution in [1.29, 1.82) is 0 Å². The minimum absolute atomic E-state index is 0.140. The molecule has 2 fully saturated rings. The summed E-state index contributed by atoms with van der Waals surface area (Å²) in [4.78, 5) is 41.3. The van der Waals surface area contributed by atoms with E-state index in [1.807, 2.05) is 39.1 Å². The van der Waals surface area contributed by atoms with E-state index in [9.17, 15) is 14.4 Å². The molecule has 1 spiro atoms. The molecule has 6 nitrogen and oxygen atoms in total. The number of halogens is 1. The highest BCUT2D eigenvalue weighted by Crippen LogP contribution is 2.51. The van der Waals surface area contributed by atoms with Crippen molar-refractivity contribution >= 4 is 35.0 Å². The lowest BCUT2D eigenvalue weighted by Gasteiger charge is -2.29. The van der Waals surface area contributed by atoms with Gasteiger partial charge in [0.05, 0.1) is 10.7 Å². The predicted molar refractivity (Wildman–Crippen MR) is 101 cm³/mol. The van der Waals surface area contributed by atoms with Gasteiger partial charge in [-0.3, -0.25) is 19.3 Å². The molecule has 1 aromatic rings. The number of benzene rings is 1. The van der Waals surface area contributed by atoms with Crippen molar-refractivity contribution in [3.63, 3.8) is 0 Å².